The fourth-order valence-corrected chi connectivity index (χ4v) is 3.10. The molecule has 9 nitrogen and oxygen atoms in total. The van der Waals surface area contributed by atoms with Crippen LogP contribution in [0.3, 0.4) is 0 Å². The number of aryl methyl sites for hydroxylation is 2. The van der Waals surface area contributed by atoms with Crippen molar-refractivity contribution in [1.82, 2.24) is 24.5 Å². The van der Waals surface area contributed by atoms with Crippen molar-refractivity contribution in [1.29, 1.82) is 0 Å². The van der Waals surface area contributed by atoms with Crippen LogP contribution in [0.5, 0.6) is 11.6 Å². The number of aromatic hydroxyl groups is 2. The first kappa shape index (κ1) is 17.7. The van der Waals surface area contributed by atoms with Gasteiger partial charge in [0, 0.05) is 18.2 Å². The molecule has 144 valence electrons. The van der Waals surface area contributed by atoms with Crippen LogP contribution in [0.15, 0.2) is 46.0 Å². The number of rotatable bonds is 5. The Morgan fingerprint density at radius 1 is 1.18 bits per heavy atom. The molecule has 0 atom stereocenters. The lowest BCUT2D eigenvalue weighted by molar-refractivity contribution is 0.391. The summed E-state index contributed by atoms with van der Waals surface area (Å²) in [6.45, 7) is 4.13. The molecule has 1 aromatic carbocycles. The number of imidazole rings is 1. The van der Waals surface area contributed by atoms with Crippen LogP contribution < -0.4 is 5.69 Å². The van der Waals surface area contributed by atoms with Gasteiger partial charge in [-0.15, -0.1) is 0 Å². The third kappa shape index (κ3) is 3.18. The SMILES string of the molecule is Cc1noc(C)c1Cn1cc(-n2c(O)c(Cc3ccc(O)cc3)[nH]c2=O)cn1. The van der Waals surface area contributed by atoms with Crippen molar-refractivity contribution in [3.63, 3.8) is 0 Å². The quantitative estimate of drug-likeness (QED) is 0.486. The van der Waals surface area contributed by atoms with Gasteiger partial charge in [-0.3, -0.25) is 4.68 Å². The molecule has 3 N–H and O–H groups in total. The summed E-state index contributed by atoms with van der Waals surface area (Å²) in [6, 6.07) is 6.57. The number of benzene rings is 1. The van der Waals surface area contributed by atoms with Crippen LogP contribution >= 0.6 is 0 Å². The van der Waals surface area contributed by atoms with Gasteiger partial charge in [-0.1, -0.05) is 17.3 Å². The Labute approximate surface area is 159 Å². The molecule has 9 heteroatoms. The average molecular weight is 381 g/mol. The summed E-state index contributed by atoms with van der Waals surface area (Å²) in [4.78, 5) is 15.1. The van der Waals surface area contributed by atoms with Crippen molar-refractivity contribution < 1.29 is 14.7 Å². The van der Waals surface area contributed by atoms with Crippen molar-refractivity contribution in [3.05, 3.63) is 75.4 Å². The van der Waals surface area contributed by atoms with E-state index in [1.54, 1.807) is 35.1 Å². The van der Waals surface area contributed by atoms with Gasteiger partial charge in [0.1, 0.15) is 11.5 Å². The van der Waals surface area contributed by atoms with E-state index in [2.05, 4.69) is 15.2 Å². The second-order valence-electron chi connectivity index (χ2n) is 6.61. The van der Waals surface area contributed by atoms with Crippen molar-refractivity contribution in [2.45, 2.75) is 26.8 Å². The molecule has 0 spiro atoms. The third-order valence-electron chi connectivity index (χ3n) is 4.64. The number of aromatic nitrogens is 5. The molecule has 0 aliphatic rings. The molecular weight excluding hydrogens is 362 g/mol. The van der Waals surface area contributed by atoms with E-state index in [0.29, 0.717) is 30.1 Å². The standard InChI is InChI=1S/C19H19N5O4/c1-11-16(12(2)28-22-11)10-23-9-14(8-20-23)24-18(26)17(21-19(24)27)7-13-3-5-15(25)6-4-13/h3-6,8-9,25-26H,7,10H2,1-2H3,(H,21,27). The van der Waals surface area contributed by atoms with Gasteiger partial charge >= 0.3 is 5.69 Å². The highest BCUT2D eigenvalue weighted by molar-refractivity contribution is 5.37. The third-order valence-corrected chi connectivity index (χ3v) is 4.64. The number of H-pyrrole nitrogens is 1. The lowest BCUT2D eigenvalue weighted by Crippen LogP contribution is -2.14. The molecule has 28 heavy (non-hydrogen) atoms. The van der Waals surface area contributed by atoms with Crippen molar-refractivity contribution in [2.24, 2.45) is 0 Å². The van der Waals surface area contributed by atoms with Crippen LogP contribution in [-0.2, 0) is 13.0 Å². The summed E-state index contributed by atoms with van der Waals surface area (Å²) in [5.74, 6) is 0.701. The first-order chi connectivity index (χ1) is 13.4. The Bertz CT molecular complexity index is 1160. The second kappa shape index (κ2) is 6.76. The minimum absolute atomic E-state index is 0.157. The fraction of sp³-hybridized carbons (Fsp3) is 0.211. The smallest absolute Gasteiger partial charge is 0.333 e. The number of nitrogens with one attached hydrogen (secondary N) is 1. The molecule has 0 bridgehead atoms. The topological polar surface area (TPSA) is 122 Å². The van der Waals surface area contributed by atoms with Crippen molar-refractivity contribution >= 4 is 0 Å². The molecule has 3 heterocycles. The van der Waals surface area contributed by atoms with Gasteiger partial charge in [0.15, 0.2) is 0 Å². The molecule has 3 aromatic heterocycles. The Kier molecular flexibility index (Phi) is 4.26. The summed E-state index contributed by atoms with van der Waals surface area (Å²) in [5.41, 5.74) is 2.93. The highest BCUT2D eigenvalue weighted by Gasteiger charge is 2.17. The Morgan fingerprint density at radius 3 is 2.61 bits per heavy atom. The van der Waals surface area contributed by atoms with Gasteiger partial charge in [-0.25, -0.2) is 9.36 Å². The maximum absolute atomic E-state index is 12.4. The fourth-order valence-electron chi connectivity index (χ4n) is 3.10. The molecule has 0 amide bonds. The Hall–Kier alpha value is -3.75. The van der Waals surface area contributed by atoms with Crippen LogP contribution in [0, 0.1) is 13.8 Å². The van der Waals surface area contributed by atoms with E-state index >= 15 is 0 Å². The summed E-state index contributed by atoms with van der Waals surface area (Å²) < 4.78 is 7.98. The lowest BCUT2D eigenvalue weighted by Gasteiger charge is -2.02. The van der Waals surface area contributed by atoms with Crippen LogP contribution in [-0.4, -0.2) is 34.7 Å². The highest BCUT2D eigenvalue weighted by Crippen LogP contribution is 2.22. The molecular formula is C19H19N5O4. The summed E-state index contributed by atoms with van der Waals surface area (Å²) in [7, 11) is 0. The van der Waals surface area contributed by atoms with Crippen molar-refractivity contribution in [2.75, 3.05) is 0 Å². The lowest BCUT2D eigenvalue weighted by atomic mass is 10.1. The van der Waals surface area contributed by atoms with E-state index in [-0.39, 0.29) is 11.6 Å². The number of nitrogens with zero attached hydrogens (tertiary/aromatic N) is 4. The molecule has 0 saturated heterocycles. The highest BCUT2D eigenvalue weighted by atomic mass is 16.5. The first-order valence-corrected chi connectivity index (χ1v) is 8.67. The molecule has 0 fully saturated rings. The summed E-state index contributed by atoms with van der Waals surface area (Å²) in [6.07, 6.45) is 3.50. The maximum Gasteiger partial charge on any atom is 0.333 e. The monoisotopic (exact) mass is 381 g/mol. The van der Waals surface area contributed by atoms with Gasteiger partial charge < -0.3 is 19.7 Å². The number of hydrogen-bond donors (Lipinski definition) is 3. The minimum atomic E-state index is -0.455. The number of aromatic amines is 1. The summed E-state index contributed by atoms with van der Waals surface area (Å²) >= 11 is 0. The van der Waals surface area contributed by atoms with Gasteiger partial charge in [0.25, 0.3) is 0 Å². The van der Waals surface area contributed by atoms with E-state index in [1.807, 2.05) is 13.8 Å². The zero-order valence-electron chi connectivity index (χ0n) is 15.4. The van der Waals surface area contributed by atoms with Crippen LogP contribution in [0.2, 0.25) is 0 Å². The number of phenols is 1. The van der Waals surface area contributed by atoms with E-state index < -0.39 is 5.69 Å². The van der Waals surface area contributed by atoms with Gasteiger partial charge in [-0.05, 0) is 31.5 Å². The van der Waals surface area contributed by atoms with Crippen LogP contribution in [0.4, 0.5) is 0 Å². The second-order valence-corrected chi connectivity index (χ2v) is 6.61. The normalized spacial score (nSPS) is 11.2. The Balaban J connectivity index is 1.61. The molecule has 0 radical (unpaired) electrons. The predicted octanol–water partition coefficient (Wildman–Crippen LogP) is 2.02. The van der Waals surface area contributed by atoms with Gasteiger partial charge in [0.2, 0.25) is 5.88 Å². The molecule has 4 rings (SSSR count). The average Bonchev–Trinajstić information content (AvgIpc) is 3.32. The van der Waals surface area contributed by atoms with Gasteiger partial charge in [-0.2, -0.15) is 5.10 Å². The maximum atomic E-state index is 12.4. The Morgan fingerprint density at radius 2 is 1.93 bits per heavy atom. The number of phenolic OH excluding ortho intramolecular Hbond substituents is 1. The molecule has 0 saturated carbocycles. The van der Waals surface area contributed by atoms with Gasteiger partial charge in [0.05, 0.1) is 29.8 Å². The van der Waals surface area contributed by atoms with E-state index in [4.69, 9.17) is 4.52 Å². The largest absolute Gasteiger partial charge is 0.508 e. The molecule has 0 aliphatic carbocycles. The molecule has 0 unspecified atom stereocenters. The predicted molar refractivity (Wildman–Crippen MR) is 99.8 cm³/mol. The van der Waals surface area contributed by atoms with E-state index in [1.165, 1.54) is 10.8 Å². The van der Waals surface area contributed by atoms with E-state index in [0.717, 1.165) is 16.8 Å². The van der Waals surface area contributed by atoms with Crippen LogP contribution in [0.25, 0.3) is 5.69 Å². The van der Waals surface area contributed by atoms with Crippen LogP contribution in [0.1, 0.15) is 28.3 Å². The zero-order chi connectivity index (χ0) is 19.8. The number of hydrogen-bond acceptors (Lipinski definition) is 6. The zero-order valence-corrected chi connectivity index (χ0v) is 15.4. The van der Waals surface area contributed by atoms with Crippen molar-refractivity contribution in [3.8, 4) is 17.3 Å². The summed E-state index contributed by atoms with van der Waals surface area (Å²) in [5, 5.41) is 28.1. The molecule has 4 aromatic rings. The molecule has 0 aliphatic heterocycles. The minimum Gasteiger partial charge on any atom is -0.508 e. The first-order valence-electron chi connectivity index (χ1n) is 8.67. The van der Waals surface area contributed by atoms with E-state index in [9.17, 15) is 15.0 Å².